The number of rotatable bonds is 2. The van der Waals surface area contributed by atoms with Crippen molar-refractivity contribution in [3.05, 3.63) is 47.9 Å². The molecule has 0 aliphatic carbocycles. The summed E-state index contributed by atoms with van der Waals surface area (Å²) in [5.41, 5.74) is -0.495. The molecule has 0 amide bonds. The first kappa shape index (κ1) is 34.4. The van der Waals surface area contributed by atoms with Crippen LogP contribution in [0.4, 0.5) is 0 Å². The fourth-order valence-corrected chi connectivity index (χ4v) is 1.13. The van der Waals surface area contributed by atoms with Gasteiger partial charge in [0, 0.05) is 12.4 Å². The summed E-state index contributed by atoms with van der Waals surface area (Å²) in [5.74, 6) is -3.16. The molecule has 0 atom stereocenters. The van der Waals surface area contributed by atoms with E-state index in [1.54, 1.807) is 0 Å². The monoisotopic (exact) mass is 417 g/mol. The molecule has 0 unspecified atom stereocenters. The molecule has 0 aromatic carbocycles. The second-order valence-corrected chi connectivity index (χ2v) is 3.36. The van der Waals surface area contributed by atoms with Gasteiger partial charge in [0.25, 0.3) is 0 Å². The normalized spacial score (nSPS) is 7.19. The van der Waals surface area contributed by atoms with Gasteiger partial charge in [-0.2, -0.15) is 0 Å². The van der Waals surface area contributed by atoms with Crippen LogP contribution in [0.1, 0.15) is 20.8 Å². The number of carboxylic acid groups (broad SMARTS) is 2. The molecule has 12 N–H and O–H groups in total. The number of hydrogen-bond acceptors (Lipinski definition) is 7. The third-order valence-electron chi connectivity index (χ3n) is 2.01. The first-order valence-electron chi connectivity index (χ1n) is 5.36. The van der Waals surface area contributed by atoms with E-state index in [2.05, 4.69) is 9.97 Å². The van der Waals surface area contributed by atoms with Crippen molar-refractivity contribution in [2.24, 2.45) is 0 Å². The third kappa shape index (κ3) is 11.6. The van der Waals surface area contributed by atoms with Gasteiger partial charge in [0.15, 0.2) is 5.69 Å². The molecule has 13 nitrogen and oxygen atoms in total. The third-order valence-corrected chi connectivity index (χ3v) is 2.01. The van der Waals surface area contributed by atoms with Gasteiger partial charge in [-0.3, -0.25) is 0 Å². The number of nitrogens with zero attached hydrogens (tertiary/aromatic N) is 2. The first-order valence-corrected chi connectivity index (χ1v) is 5.93. The summed E-state index contributed by atoms with van der Waals surface area (Å²) in [5, 5.41) is 34.3. The van der Waals surface area contributed by atoms with E-state index in [1.807, 2.05) is 0 Å². The van der Waals surface area contributed by atoms with E-state index in [9.17, 15) is 9.59 Å². The Hall–Kier alpha value is -2.94. The molecular weight excluding hydrogens is 399 g/mol. The Morgan fingerprint density at radius 3 is 1.58 bits per heavy atom. The summed E-state index contributed by atoms with van der Waals surface area (Å²) in [6.45, 7) is 0. The fourth-order valence-electron chi connectivity index (χ4n) is 1.13. The minimum atomic E-state index is -1.22. The Kier molecular flexibility index (Phi) is 24.4. The molecule has 0 bridgehead atoms. The number of aromatic nitrogens is 2. The Labute approximate surface area is 155 Å². The predicted molar refractivity (Wildman–Crippen MR) is 80.9 cm³/mol. The molecule has 2 aromatic heterocycles. The zero-order chi connectivity index (χ0) is 17.1. The Morgan fingerprint density at radius 1 is 0.808 bits per heavy atom. The summed E-state index contributed by atoms with van der Waals surface area (Å²) in [7, 11) is 0. The molecule has 0 aliphatic rings. The second kappa shape index (κ2) is 18.4. The van der Waals surface area contributed by atoms with E-state index in [0.29, 0.717) is 0 Å². The summed E-state index contributed by atoms with van der Waals surface area (Å²) in [6, 6.07) is 5.46. The maximum absolute atomic E-state index is 10.2. The van der Waals surface area contributed by atoms with Gasteiger partial charge in [-0.15, -0.1) is 0 Å². The van der Waals surface area contributed by atoms with Crippen molar-refractivity contribution in [1.29, 1.82) is 0 Å². The van der Waals surface area contributed by atoms with Crippen molar-refractivity contribution < 1.29 is 73.0 Å². The van der Waals surface area contributed by atoms with Gasteiger partial charge in [0.05, 0.1) is 0 Å². The van der Waals surface area contributed by atoms with Crippen LogP contribution in [0, 0.1) is 0 Å². The second-order valence-electron chi connectivity index (χ2n) is 3.36. The molecule has 0 saturated heterocycles. The van der Waals surface area contributed by atoms with Crippen molar-refractivity contribution in [3.8, 4) is 11.6 Å². The molecule has 0 aliphatic heterocycles. The van der Waals surface area contributed by atoms with Gasteiger partial charge in [-0.1, -0.05) is 0 Å². The summed E-state index contributed by atoms with van der Waals surface area (Å²) < 4.78 is 8.19. The molecule has 14 heteroatoms. The summed E-state index contributed by atoms with van der Waals surface area (Å²) in [6.07, 6.45) is 2.63. The van der Waals surface area contributed by atoms with Crippen LogP contribution in [0.2, 0.25) is 0 Å². The Balaban J connectivity index is -0.0000000904. The molecular formula is C12H18N2O11V. The topological polar surface area (TPSA) is 284 Å². The number of carboxylic acids is 2. The van der Waals surface area contributed by atoms with E-state index in [0.717, 1.165) is 17.4 Å². The van der Waals surface area contributed by atoms with Crippen molar-refractivity contribution in [1.82, 2.24) is 9.97 Å². The van der Waals surface area contributed by atoms with Crippen LogP contribution in [-0.4, -0.2) is 64.2 Å². The van der Waals surface area contributed by atoms with Gasteiger partial charge in [0.1, 0.15) is 11.3 Å². The average Bonchev–Trinajstić information content (AvgIpc) is 2.50. The van der Waals surface area contributed by atoms with Crippen molar-refractivity contribution >= 4 is 11.9 Å². The molecule has 2 heterocycles. The van der Waals surface area contributed by atoms with E-state index in [4.69, 9.17) is 24.1 Å². The van der Waals surface area contributed by atoms with Crippen LogP contribution >= 0.6 is 0 Å². The number of aromatic carboxylic acids is 2. The molecule has 0 spiro atoms. The van der Waals surface area contributed by atoms with E-state index >= 15 is 0 Å². The Bertz CT molecular complexity index is 601. The number of hydrogen-bond donors (Lipinski definition) is 4. The van der Waals surface area contributed by atoms with E-state index < -0.39 is 17.8 Å². The Morgan fingerprint density at radius 2 is 1.27 bits per heavy atom. The van der Waals surface area contributed by atoms with Crippen molar-refractivity contribution in [2.45, 2.75) is 0 Å². The van der Waals surface area contributed by atoms with Crippen molar-refractivity contribution in [3.63, 3.8) is 0 Å². The molecule has 26 heavy (non-hydrogen) atoms. The summed E-state index contributed by atoms with van der Waals surface area (Å²) >= 11 is 1.06. The fraction of sp³-hybridized carbons (Fsp3) is 0. The molecule has 147 valence electrons. The predicted octanol–water partition coefficient (Wildman–Crippen LogP) is -2.45. The van der Waals surface area contributed by atoms with Crippen LogP contribution in [0.15, 0.2) is 36.7 Å². The van der Waals surface area contributed by atoms with Gasteiger partial charge >= 0.3 is 33.0 Å². The van der Waals surface area contributed by atoms with E-state index in [-0.39, 0.29) is 38.9 Å². The molecule has 0 fully saturated rings. The molecule has 2 aromatic rings. The van der Waals surface area contributed by atoms with Crippen LogP contribution < -0.4 is 0 Å². The number of carbonyl (C=O) groups is 2. The molecule has 0 radical (unpaired) electrons. The SMILES string of the molecule is O.O.O.O.O=C(O)c1cccnc1O.O=C(O)c1ncccc1O.[O]=[V]. The zero-order valence-corrected chi connectivity index (χ0v) is 14.2. The van der Waals surface area contributed by atoms with Gasteiger partial charge in [-0.05, 0) is 24.3 Å². The molecule has 2 rings (SSSR count). The van der Waals surface area contributed by atoms with Gasteiger partial charge in [-0.25, -0.2) is 19.6 Å². The zero-order valence-electron chi connectivity index (χ0n) is 12.8. The number of pyridine rings is 2. The minimum absolute atomic E-state index is 0. The maximum atomic E-state index is 10.2. The van der Waals surface area contributed by atoms with Gasteiger partial charge in [0.2, 0.25) is 5.88 Å². The summed E-state index contributed by atoms with van der Waals surface area (Å²) in [4.78, 5) is 27.2. The quantitative estimate of drug-likeness (QED) is 0.402. The van der Waals surface area contributed by atoms with Crippen molar-refractivity contribution in [2.75, 3.05) is 0 Å². The first-order chi connectivity index (χ1) is 10.4. The van der Waals surface area contributed by atoms with Crippen LogP contribution in [-0.2, 0) is 21.0 Å². The number of aromatic hydroxyl groups is 2. The standard InChI is InChI=1S/2C6H5NO3.4H2O.O.V/c8-4-2-1-3-7-5(4)6(9)10;8-5-4(6(9)10)2-1-3-7-5;;;;;;/h1-3,8H,(H,9,10);1-3H,(H,7,8)(H,9,10);4*1H2;;. The van der Waals surface area contributed by atoms with E-state index in [1.165, 1.54) is 36.7 Å². The van der Waals surface area contributed by atoms with Crippen LogP contribution in [0.3, 0.4) is 0 Å². The van der Waals surface area contributed by atoms with Crippen LogP contribution in [0.25, 0.3) is 0 Å². The van der Waals surface area contributed by atoms with Crippen LogP contribution in [0.5, 0.6) is 11.6 Å². The molecule has 0 saturated carbocycles. The average molecular weight is 417 g/mol. The van der Waals surface area contributed by atoms with Gasteiger partial charge < -0.3 is 42.3 Å².